The van der Waals surface area contributed by atoms with Crippen molar-refractivity contribution in [2.75, 3.05) is 18.8 Å². The average Bonchev–Trinajstić information content (AvgIpc) is 2.74. The van der Waals surface area contributed by atoms with Crippen LogP contribution >= 0.6 is 11.8 Å². The van der Waals surface area contributed by atoms with Crippen molar-refractivity contribution in [2.45, 2.75) is 56.9 Å². The number of nitrogens with zero attached hydrogens (tertiary/aromatic N) is 1. The van der Waals surface area contributed by atoms with Crippen LogP contribution < -0.4 is 5.73 Å². The maximum absolute atomic E-state index is 5.96. The summed E-state index contributed by atoms with van der Waals surface area (Å²) in [6, 6.07) is 1.47. The van der Waals surface area contributed by atoms with Crippen molar-refractivity contribution in [1.82, 2.24) is 4.90 Å². The van der Waals surface area contributed by atoms with Crippen LogP contribution in [0.2, 0.25) is 0 Å². The van der Waals surface area contributed by atoms with Gasteiger partial charge in [0.2, 0.25) is 0 Å². The second-order valence-corrected chi connectivity index (χ2v) is 6.93. The molecule has 0 aromatic heterocycles. The summed E-state index contributed by atoms with van der Waals surface area (Å²) >= 11 is 2.14. The highest BCUT2D eigenvalue weighted by atomic mass is 32.2. The predicted molar refractivity (Wildman–Crippen MR) is 72.9 cm³/mol. The molecule has 4 atom stereocenters. The zero-order chi connectivity index (χ0) is 11.5. The SMILES string of the molecule is CCC1CCN(C2CSC(C)C2)C(CN)C1. The van der Waals surface area contributed by atoms with Gasteiger partial charge in [0, 0.05) is 29.6 Å². The van der Waals surface area contributed by atoms with Crippen LogP contribution in [-0.2, 0) is 0 Å². The molecule has 0 amide bonds. The predicted octanol–water partition coefficient (Wildman–Crippen LogP) is 2.33. The number of nitrogens with two attached hydrogens (primary N) is 1. The first kappa shape index (κ1) is 12.7. The molecule has 0 aromatic carbocycles. The summed E-state index contributed by atoms with van der Waals surface area (Å²) in [6.45, 7) is 6.83. The normalized spacial score (nSPS) is 41.4. The highest BCUT2D eigenvalue weighted by Crippen LogP contribution is 2.34. The topological polar surface area (TPSA) is 29.3 Å². The quantitative estimate of drug-likeness (QED) is 0.823. The molecule has 2 aliphatic rings. The van der Waals surface area contributed by atoms with Crippen molar-refractivity contribution < 1.29 is 0 Å². The van der Waals surface area contributed by atoms with Crippen molar-refractivity contribution in [3.05, 3.63) is 0 Å². The van der Waals surface area contributed by atoms with Crippen LogP contribution in [0, 0.1) is 5.92 Å². The fraction of sp³-hybridized carbons (Fsp3) is 1.00. The van der Waals surface area contributed by atoms with E-state index in [1.165, 1.54) is 38.0 Å². The summed E-state index contributed by atoms with van der Waals surface area (Å²) in [5.41, 5.74) is 5.96. The summed E-state index contributed by atoms with van der Waals surface area (Å²) in [7, 11) is 0. The van der Waals surface area contributed by atoms with E-state index >= 15 is 0 Å². The van der Waals surface area contributed by atoms with Crippen molar-refractivity contribution in [2.24, 2.45) is 11.7 Å². The van der Waals surface area contributed by atoms with Crippen LogP contribution in [0.1, 0.15) is 39.5 Å². The Labute approximate surface area is 104 Å². The summed E-state index contributed by atoms with van der Waals surface area (Å²) in [4.78, 5) is 2.72. The molecule has 0 bridgehead atoms. The van der Waals surface area contributed by atoms with Crippen LogP contribution in [0.15, 0.2) is 0 Å². The Morgan fingerprint density at radius 3 is 2.75 bits per heavy atom. The zero-order valence-corrected chi connectivity index (χ0v) is 11.5. The number of rotatable bonds is 3. The average molecular weight is 242 g/mol. The highest BCUT2D eigenvalue weighted by molar-refractivity contribution is 8.00. The molecule has 2 rings (SSSR count). The molecule has 0 aromatic rings. The van der Waals surface area contributed by atoms with E-state index in [0.717, 1.165) is 23.8 Å². The third kappa shape index (κ3) is 2.74. The van der Waals surface area contributed by atoms with Gasteiger partial charge in [0.1, 0.15) is 0 Å². The van der Waals surface area contributed by atoms with E-state index < -0.39 is 0 Å². The van der Waals surface area contributed by atoms with Gasteiger partial charge in [-0.15, -0.1) is 0 Å². The molecule has 16 heavy (non-hydrogen) atoms. The van der Waals surface area contributed by atoms with Crippen LogP contribution in [0.25, 0.3) is 0 Å². The zero-order valence-electron chi connectivity index (χ0n) is 10.7. The Bertz CT molecular complexity index is 222. The van der Waals surface area contributed by atoms with Gasteiger partial charge in [-0.3, -0.25) is 4.90 Å². The summed E-state index contributed by atoms with van der Waals surface area (Å²) < 4.78 is 0. The van der Waals surface area contributed by atoms with E-state index in [0.29, 0.717) is 6.04 Å². The minimum atomic E-state index is 0.662. The molecule has 2 saturated heterocycles. The van der Waals surface area contributed by atoms with Crippen molar-refractivity contribution >= 4 is 11.8 Å². The summed E-state index contributed by atoms with van der Waals surface area (Å²) in [6.07, 6.45) is 5.43. The molecule has 2 heterocycles. The lowest BCUT2D eigenvalue weighted by Gasteiger charge is -2.42. The van der Waals surface area contributed by atoms with Gasteiger partial charge in [0.05, 0.1) is 0 Å². The second-order valence-electron chi connectivity index (χ2n) is 5.46. The monoisotopic (exact) mass is 242 g/mol. The first-order valence-corrected chi connectivity index (χ1v) is 7.86. The lowest BCUT2D eigenvalue weighted by molar-refractivity contribution is 0.0787. The van der Waals surface area contributed by atoms with Crippen LogP contribution in [0.3, 0.4) is 0 Å². The number of hydrogen-bond acceptors (Lipinski definition) is 3. The molecule has 2 nitrogen and oxygen atoms in total. The van der Waals surface area contributed by atoms with Gasteiger partial charge in [-0.1, -0.05) is 20.3 Å². The largest absolute Gasteiger partial charge is 0.329 e. The fourth-order valence-electron chi connectivity index (χ4n) is 3.26. The molecule has 0 aliphatic carbocycles. The Balaban J connectivity index is 1.93. The molecule has 3 heteroatoms. The van der Waals surface area contributed by atoms with Gasteiger partial charge in [-0.25, -0.2) is 0 Å². The van der Waals surface area contributed by atoms with Gasteiger partial charge in [0.25, 0.3) is 0 Å². The van der Waals surface area contributed by atoms with Crippen molar-refractivity contribution in [3.8, 4) is 0 Å². The Hall–Kier alpha value is 0.270. The Morgan fingerprint density at radius 2 is 2.19 bits per heavy atom. The third-order valence-corrected chi connectivity index (χ3v) is 5.70. The molecule has 2 N–H and O–H groups in total. The van der Waals surface area contributed by atoms with Gasteiger partial charge >= 0.3 is 0 Å². The number of thioether (sulfide) groups is 1. The smallest absolute Gasteiger partial charge is 0.0224 e. The summed E-state index contributed by atoms with van der Waals surface area (Å²) in [5.74, 6) is 2.25. The maximum atomic E-state index is 5.96. The van der Waals surface area contributed by atoms with Gasteiger partial charge in [0.15, 0.2) is 0 Å². The molecule has 0 saturated carbocycles. The van der Waals surface area contributed by atoms with E-state index in [2.05, 4.69) is 30.5 Å². The van der Waals surface area contributed by atoms with E-state index in [4.69, 9.17) is 5.73 Å². The number of likely N-dealkylation sites (tertiary alicyclic amines) is 1. The highest BCUT2D eigenvalue weighted by Gasteiger charge is 2.34. The lowest BCUT2D eigenvalue weighted by Crippen LogP contribution is -2.51. The Kier molecular flexibility index (Phi) is 4.57. The van der Waals surface area contributed by atoms with Gasteiger partial charge in [-0.2, -0.15) is 11.8 Å². The van der Waals surface area contributed by atoms with Crippen LogP contribution in [-0.4, -0.2) is 41.1 Å². The third-order valence-electron chi connectivity index (χ3n) is 4.37. The molecule has 4 unspecified atom stereocenters. The van der Waals surface area contributed by atoms with Gasteiger partial charge in [-0.05, 0) is 31.7 Å². The van der Waals surface area contributed by atoms with E-state index in [1.54, 1.807) is 0 Å². The molecule has 0 spiro atoms. The van der Waals surface area contributed by atoms with E-state index in [1.807, 2.05) is 0 Å². The molecular weight excluding hydrogens is 216 g/mol. The fourth-order valence-corrected chi connectivity index (χ4v) is 4.50. The van der Waals surface area contributed by atoms with Crippen molar-refractivity contribution in [1.29, 1.82) is 0 Å². The minimum Gasteiger partial charge on any atom is -0.329 e. The maximum Gasteiger partial charge on any atom is 0.0224 e. The molecular formula is C13H26N2S. The second kappa shape index (κ2) is 5.74. The van der Waals surface area contributed by atoms with Crippen molar-refractivity contribution in [3.63, 3.8) is 0 Å². The first-order valence-electron chi connectivity index (χ1n) is 6.82. The number of hydrogen-bond donors (Lipinski definition) is 1. The lowest BCUT2D eigenvalue weighted by atomic mass is 9.87. The van der Waals surface area contributed by atoms with E-state index in [9.17, 15) is 0 Å². The molecule has 2 fully saturated rings. The van der Waals surface area contributed by atoms with Crippen LogP contribution in [0.5, 0.6) is 0 Å². The van der Waals surface area contributed by atoms with E-state index in [-0.39, 0.29) is 0 Å². The molecule has 2 aliphatic heterocycles. The Morgan fingerprint density at radius 1 is 1.38 bits per heavy atom. The van der Waals surface area contributed by atoms with Crippen LogP contribution in [0.4, 0.5) is 0 Å². The minimum absolute atomic E-state index is 0.662. The molecule has 0 radical (unpaired) electrons. The molecule has 94 valence electrons. The first-order chi connectivity index (χ1) is 7.74. The number of piperidine rings is 1. The standard InChI is InChI=1S/C13H26N2S/c1-3-11-4-5-15(12(7-11)8-14)13-6-10(2)16-9-13/h10-13H,3-9,14H2,1-2H3. The summed E-state index contributed by atoms with van der Waals surface area (Å²) in [5, 5.41) is 0.854. The van der Waals surface area contributed by atoms with Gasteiger partial charge < -0.3 is 5.73 Å².